The van der Waals surface area contributed by atoms with Gasteiger partial charge in [0.25, 0.3) is 5.91 Å². The van der Waals surface area contributed by atoms with E-state index in [4.69, 9.17) is 9.15 Å². The molecule has 148 valence electrons. The second-order valence-corrected chi connectivity index (χ2v) is 8.79. The third-order valence-electron chi connectivity index (χ3n) is 4.19. The number of nitrogens with zero attached hydrogens (tertiary/aromatic N) is 1. The first-order chi connectivity index (χ1) is 13.3. The van der Waals surface area contributed by atoms with Gasteiger partial charge in [-0.15, -0.1) is 0 Å². The number of methoxy groups -OCH3 is 1. The third kappa shape index (κ3) is 4.40. The van der Waals surface area contributed by atoms with E-state index in [-0.39, 0.29) is 29.1 Å². The zero-order valence-corrected chi connectivity index (χ0v) is 16.7. The van der Waals surface area contributed by atoms with Gasteiger partial charge in [-0.25, -0.2) is 13.4 Å². The summed E-state index contributed by atoms with van der Waals surface area (Å²) in [5.41, 5.74) is 2.26. The smallest absolute Gasteiger partial charge is 0.255 e. The maximum Gasteiger partial charge on any atom is 0.255 e. The first-order valence-electron chi connectivity index (χ1n) is 8.84. The molecule has 2 aromatic carbocycles. The van der Waals surface area contributed by atoms with Gasteiger partial charge in [0.2, 0.25) is 0 Å². The summed E-state index contributed by atoms with van der Waals surface area (Å²) in [7, 11) is -1.98. The Balaban J connectivity index is 1.75. The Bertz CT molecular complexity index is 1090. The number of benzene rings is 2. The average molecular weight is 402 g/mol. The number of carbonyl (C=O) groups is 1. The quantitative estimate of drug-likeness (QED) is 0.648. The topological polar surface area (TPSA) is 98.5 Å². The van der Waals surface area contributed by atoms with Crippen LogP contribution in [0, 0.1) is 0 Å². The van der Waals surface area contributed by atoms with Crippen LogP contribution in [0.3, 0.4) is 0 Å². The van der Waals surface area contributed by atoms with Crippen molar-refractivity contribution in [2.24, 2.45) is 0 Å². The molecule has 0 aliphatic carbocycles. The van der Waals surface area contributed by atoms with E-state index in [9.17, 15) is 13.2 Å². The molecule has 1 N–H and O–H groups in total. The number of amides is 1. The fourth-order valence-electron chi connectivity index (χ4n) is 2.60. The second kappa shape index (κ2) is 8.12. The van der Waals surface area contributed by atoms with Crippen molar-refractivity contribution in [2.75, 3.05) is 24.8 Å². The van der Waals surface area contributed by atoms with Crippen LogP contribution in [0.5, 0.6) is 0 Å². The summed E-state index contributed by atoms with van der Waals surface area (Å²) < 4.78 is 34.8. The zero-order chi connectivity index (χ0) is 20.3. The predicted octanol–water partition coefficient (Wildman–Crippen LogP) is 3.62. The molecule has 0 saturated carbocycles. The molecule has 8 heteroatoms. The van der Waals surface area contributed by atoms with E-state index < -0.39 is 9.84 Å². The molecule has 0 fully saturated rings. The van der Waals surface area contributed by atoms with Gasteiger partial charge in [0.05, 0.1) is 17.3 Å². The van der Waals surface area contributed by atoms with Crippen molar-refractivity contribution < 1.29 is 22.4 Å². The second-order valence-electron chi connectivity index (χ2n) is 6.68. The molecule has 0 atom stereocenters. The molecule has 1 aromatic heterocycles. The lowest BCUT2D eigenvalue weighted by molar-refractivity contribution is 0.102. The van der Waals surface area contributed by atoms with Crippen LogP contribution in [0.4, 0.5) is 5.69 Å². The molecule has 7 nitrogen and oxygen atoms in total. The van der Waals surface area contributed by atoms with Gasteiger partial charge in [0.15, 0.2) is 21.3 Å². The number of nitrogens with one attached hydrogen (secondary N) is 1. The van der Waals surface area contributed by atoms with Crippen molar-refractivity contribution >= 4 is 32.5 Å². The minimum atomic E-state index is -3.43. The van der Waals surface area contributed by atoms with E-state index in [1.807, 2.05) is 13.8 Å². The number of aromatic nitrogens is 1. The van der Waals surface area contributed by atoms with Gasteiger partial charge in [-0.05, 0) is 42.5 Å². The summed E-state index contributed by atoms with van der Waals surface area (Å²) in [4.78, 5) is 17.1. The molecular weight excluding hydrogens is 380 g/mol. The molecule has 0 aliphatic heterocycles. The van der Waals surface area contributed by atoms with E-state index in [2.05, 4.69) is 10.3 Å². The van der Waals surface area contributed by atoms with Crippen molar-refractivity contribution in [1.82, 2.24) is 4.98 Å². The minimum Gasteiger partial charge on any atom is -0.440 e. The van der Waals surface area contributed by atoms with Gasteiger partial charge in [0.1, 0.15) is 5.52 Å². The van der Waals surface area contributed by atoms with E-state index in [0.29, 0.717) is 28.2 Å². The van der Waals surface area contributed by atoms with Crippen molar-refractivity contribution in [2.45, 2.75) is 24.7 Å². The number of rotatable bonds is 7. The van der Waals surface area contributed by atoms with Crippen LogP contribution in [-0.2, 0) is 14.6 Å². The Morgan fingerprint density at radius 1 is 1.18 bits per heavy atom. The van der Waals surface area contributed by atoms with E-state index in [1.54, 1.807) is 18.2 Å². The number of sulfone groups is 1. The van der Waals surface area contributed by atoms with Crippen LogP contribution >= 0.6 is 0 Å². The van der Waals surface area contributed by atoms with Gasteiger partial charge in [-0.3, -0.25) is 4.79 Å². The average Bonchev–Trinajstić information content (AvgIpc) is 3.10. The van der Waals surface area contributed by atoms with Crippen molar-refractivity contribution in [3.05, 3.63) is 53.9 Å². The lowest BCUT2D eigenvalue weighted by Crippen LogP contribution is -2.14. The highest BCUT2D eigenvalue weighted by Crippen LogP contribution is 2.24. The SMILES string of the molecule is COCCS(=O)(=O)c1ccc(C(=O)Nc2ccc3oc(C(C)C)nc3c2)cc1. The summed E-state index contributed by atoms with van der Waals surface area (Å²) in [6, 6.07) is 11.1. The number of carbonyl (C=O) groups excluding carboxylic acids is 1. The highest BCUT2D eigenvalue weighted by molar-refractivity contribution is 7.91. The van der Waals surface area contributed by atoms with Gasteiger partial charge < -0.3 is 14.5 Å². The molecule has 0 unspecified atom stereocenters. The lowest BCUT2D eigenvalue weighted by Gasteiger charge is -2.07. The zero-order valence-electron chi connectivity index (χ0n) is 15.9. The van der Waals surface area contributed by atoms with E-state index in [1.165, 1.54) is 31.4 Å². The Hall–Kier alpha value is -2.71. The Labute approximate surface area is 163 Å². The molecule has 0 saturated heterocycles. The van der Waals surface area contributed by atoms with Crippen LogP contribution in [0.2, 0.25) is 0 Å². The number of ether oxygens (including phenoxy) is 1. The minimum absolute atomic E-state index is 0.106. The van der Waals surface area contributed by atoms with Crippen LogP contribution in [0.15, 0.2) is 51.8 Å². The first-order valence-corrected chi connectivity index (χ1v) is 10.5. The fraction of sp³-hybridized carbons (Fsp3) is 0.300. The van der Waals surface area contributed by atoms with Gasteiger partial charge in [-0.1, -0.05) is 13.8 Å². The molecule has 28 heavy (non-hydrogen) atoms. The summed E-state index contributed by atoms with van der Waals surface area (Å²) in [6.07, 6.45) is 0. The van der Waals surface area contributed by atoms with Crippen LogP contribution in [0.25, 0.3) is 11.1 Å². The molecule has 0 radical (unpaired) electrons. The van der Waals surface area contributed by atoms with Crippen LogP contribution < -0.4 is 5.32 Å². The maximum atomic E-state index is 12.5. The molecule has 3 aromatic rings. The number of fused-ring (bicyclic) bond motifs is 1. The summed E-state index contributed by atoms with van der Waals surface area (Å²) in [5, 5.41) is 2.79. The molecule has 1 heterocycles. The summed E-state index contributed by atoms with van der Waals surface area (Å²) in [5.74, 6) is 0.367. The molecule has 0 bridgehead atoms. The number of oxazole rings is 1. The van der Waals surface area contributed by atoms with Crippen molar-refractivity contribution in [3.8, 4) is 0 Å². The number of anilines is 1. The van der Waals surface area contributed by atoms with Crippen molar-refractivity contribution in [3.63, 3.8) is 0 Å². The van der Waals surface area contributed by atoms with Gasteiger partial charge in [0, 0.05) is 24.3 Å². The van der Waals surface area contributed by atoms with Crippen molar-refractivity contribution in [1.29, 1.82) is 0 Å². The van der Waals surface area contributed by atoms with Gasteiger partial charge in [-0.2, -0.15) is 0 Å². The highest BCUT2D eigenvalue weighted by atomic mass is 32.2. The Morgan fingerprint density at radius 3 is 2.54 bits per heavy atom. The highest BCUT2D eigenvalue weighted by Gasteiger charge is 2.16. The first kappa shape index (κ1) is 20.0. The Kier molecular flexibility index (Phi) is 5.81. The summed E-state index contributed by atoms with van der Waals surface area (Å²) >= 11 is 0. The predicted molar refractivity (Wildman–Crippen MR) is 106 cm³/mol. The number of hydrogen-bond donors (Lipinski definition) is 1. The fourth-order valence-corrected chi connectivity index (χ4v) is 3.77. The van der Waals surface area contributed by atoms with Crippen LogP contribution in [0.1, 0.15) is 36.0 Å². The van der Waals surface area contributed by atoms with Gasteiger partial charge >= 0.3 is 0 Å². The molecule has 0 aliphatic rings. The Morgan fingerprint density at radius 2 is 1.89 bits per heavy atom. The molecule has 3 rings (SSSR count). The number of hydrogen-bond acceptors (Lipinski definition) is 6. The standard InChI is InChI=1S/C20H22N2O5S/c1-13(2)20-22-17-12-15(6-9-18(17)27-20)21-19(23)14-4-7-16(8-5-14)28(24,25)11-10-26-3/h4-9,12-13H,10-11H2,1-3H3,(H,21,23). The summed E-state index contributed by atoms with van der Waals surface area (Å²) in [6.45, 7) is 4.10. The van der Waals surface area contributed by atoms with E-state index in [0.717, 1.165) is 0 Å². The normalized spacial score (nSPS) is 11.9. The molecule has 0 spiro atoms. The monoisotopic (exact) mass is 402 g/mol. The third-order valence-corrected chi connectivity index (χ3v) is 5.88. The molecule has 1 amide bonds. The van der Waals surface area contributed by atoms with E-state index >= 15 is 0 Å². The largest absolute Gasteiger partial charge is 0.440 e. The maximum absolute atomic E-state index is 12.5. The lowest BCUT2D eigenvalue weighted by atomic mass is 10.2. The van der Waals surface area contributed by atoms with Crippen LogP contribution in [-0.4, -0.2) is 38.8 Å². The molecular formula is C20H22N2O5S.